The van der Waals surface area contributed by atoms with Crippen molar-refractivity contribution in [2.45, 2.75) is 39.3 Å². The fourth-order valence-corrected chi connectivity index (χ4v) is 3.24. The van der Waals surface area contributed by atoms with Crippen molar-refractivity contribution >= 4 is 10.8 Å². The number of nitrogens with one attached hydrogen (secondary N) is 1. The molecule has 0 aliphatic rings. The summed E-state index contributed by atoms with van der Waals surface area (Å²) in [6, 6.07) is 21.0. The molecule has 3 nitrogen and oxygen atoms in total. The quantitative estimate of drug-likeness (QED) is 0.468. The summed E-state index contributed by atoms with van der Waals surface area (Å²) in [7, 11) is 1.69. The van der Waals surface area contributed by atoms with Crippen molar-refractivity contribution in [1.29, 1.82) is 0 Å². The van der Waals surface area contributed by atoms with Crippen LogP contribution in [0.15, 0.2) is 60.7 Å². The molecule has 0 atom stereocenters. The summed E-state index contributed by atoms with van der Waals surface area (Å²) in [5.74, 6) is 1.88. The van der Waals surface area contributed by atoms with Crippen molar-refractivity contribution < 1.29 is 9.47 Å². The van der Waals surface area contributed by atoms with Gasteiger partial charge in [0.2, 0.25) is 0 Å². The fourth-order valence-electron chi connectivity index (χ4n) is 3.24. The second kappa shape index (κ2) is 9.98. The predicted octanol–water partition coefficient (Wildman–Crippen LogP) is 5.71. The van der Waals surface area contributed by atoms with Crippen LogP contribution in [0.3, 0.4) is 0 Å². The number of hydrogen-bond donors (Lipinski definition) is 1. The first kappa shape index (κ1) is 19.2. The molecule has 1 N–H and O–H groups in total. The Morgan fingerprint density at radius 3 is 2.44 bits per heavy atom. The molecule has 27 heavy (non-hydrogen) atoms. The Hall–Kier alpha value is -2.52. The second-order valence-corrected chi connectivity index (χ2v) is 6.77. The highest BCUT2D eigenvalue weighted by atomic mass is 16.5. The number of rotatable bonds is 10. The topological polar surface area (TPSA) is 30.5 Å². The van der Waals surface area contributed by atoms with Crippen LogP contribution < -0.4 is 14.8 Å². The summed E-state index contributed by atoms with van der Waals surface area (Å²) < 4.78 is 11.3. The summed E-state index contributed by atoms with van der Waals surface area (Å²) in [5, 5.41) is 6.08. The number of fused-ring (bicyclic) bond motifs is 1. The average Bonchev–Trinajstić information content (AvgIpc) is 2.72. The van der Waals surface area contributed by atoms with Crippen molar-refractivity contribution in [2.75, 3.05) is 13.7 Å². The number of benzene rings is 3. The third-order valence-electron chi connectivity index (χ3n) is 4.79. The van der Waals surface area contributed by atoms with E-state index < -0.39 is 0 Å². The van der Waals surface area contributed by atoms with Crippen LogP contribution in [0.1, 0.15) is 37.3 Å². The first-order valence-electron chi connectivity index (χ1n) is 9.79. The second-order valence-electron chi connectivity index (χ2n) is 6.77. The van der Waals surface area contributed by atoms with Gasteiger partial charge < -0.3 is 14.8 Å². The molecule has 0 spiro atoms. The average molecular weight is 364 g/mol. The highest BCUT2D eigenvalue weighted by molar-refractivity contribution is 5.87. The summed E-state index contributed by atoms with van der Waals surface area (Å²) in [4.78, 5) is 0. The van der Waals surface area contributed by atoms with Gasteiger partial charge in [-0.15, -0.1) is 0 Å². The maximum atomic E-state index is 6.12. The smallest absolute Gasteiger partial charge is 0.124 e. The van der Waals surface area contributed by atoms with Gasteiger partial charge in [-0.1, -0.05) is 62.2 Å². The van der Waals surface area contributed by atoms with Crippen LogP contribution in [0.2, 0.25) is 0 Å². The minimum atomic E-state index is 0.774. The maximum Gasteiger partial charge on any atom is 0.124 e. The first-order chi connectivity index (χ1) is 13.3. The van der Waals surface area contributed by atoms with Crippen molar-refractivity contribution in [3.05, 3.63) is 71.8 Å². The van der Waals surface area contributed by atoms with Crippen molar-refractivity contribution in [2.24, 2.45) is 0 Å². The molecule has 0 aliphatic heterocycles. The van der Waals surface area contributed by atoms with Gasteiger partial charge in [-0.2, -0.15) is 0 Å². The molecule has 0 heterocycles. The van der Waals surface area contributed by atoms with Gasteiger partial charge in [0.05, 0.1) is 13.7 Å². The molecule has 0 radical (unpaired) electrons. The number of methoxy groups -OCH3 is 1. The largest absolute Gasteiger partial charge is 0.497 e. The Morgan fingerprint density at radius 1 is 0.852 bits per heavy atom. The van der Waals surface area contributed by atoms with Gasteiger partial charge in [0.1, 0.15) is 11.5 Å². The lowest BCUT2D eigenvalue weighted by atomic mass is 10.0. The third kappa shape index (κ3) is 5.24. The van der Waals surface area contributed by atoms with Gasteiger partial charge in [0.25, 0.3) is 0 Å². The zero-order chi connectivity index (χ0) is 18.9. The van der Waals surface area contributed by atoms with Gasteiger partial charge in [0.15, 0.2) is 0 Å². The fraction of sp³-hybridized carbons (Fsp3) is 0.333. The molecular formula is C24H29NO2. The SMILES string of the molecule is CCCCCOc1ccc2ccccc2c1CNCc1ccc(OC)cc1. The molecule has 3 aromatic rings. The summed E-state index contributed by atoms with van der Waals surface area (Å²) in [6.07, 6.45) is 3.51. The van der Waals surface area contributed by atoms with E-state index in [-0.39, 0.29) is 0 Å². The molecule has 0 aromatic heterocycles. The Balaban J connectivity index is 1.71. The lowest BCUT2D eigenvalue weighted by Gasteiger charge is -2.15. The molecule has 0 unspecified atom stereocenters. The normalized spacial score (nSPS) is 10.9. The Kier molecular flexibility index (Phi) is 7.11. The Bertz CT molecular complexity index is 843. The minimum Gasteiger partial charge on any atom is -0.497 e. The van der Waals surface area contributed by atoms with Crippen LogP contribution >= 0.6 is 0 Å². The van der Waals surface area contributed by atoms with Gasteiger partial charge in [-0.05, 0) is 41.0 Å². The highest BCUT2D eigenvalue weighted by Gasteiger charge is 2.09. The van der Waals surface area contributed by atoms with Crippen molar-refractivity contribution in [1.82, 2.24) is 5.32 Å². The molecule has 3 heteroatoms. The van der Waals surface area contributed by atoms with Crippen molar-refractivity contribution in [3.63, 3.8) is 0 Å². The first-order valence-corrected chi connectivity index (χ1v) is 9.79. The van der Waals surface area contributed by atoms with Crippen LogP contribution in [0, 0.1) is 0 Å². The summed E-state index contributed by atoms with van der Waals surface area (Å²) >= 11 is 0. The number of unbranched alkanes of at least 4 members (excludes halogenated alkanes) is 2. The van der Waals surface area contributed by atoms with Crippen LogP contribution in [0.5, 0.6) is 11.5 Å². The van der Waals surface area contributed by atoms with E-state index in [1.807, 2.05) is 12.1 Å². The lowest BCUT2D eigenvalue weighted by Crippen LogP contribution is -2.14. The molecule has 3 rings (SSSR count). The number of ether oxygens (including phenoxy) is 2. The molecule has 0 aliphatic carbocycles. The number of hydrogen-bond acceptors (Lipinski definition) is 3. The maximum absolute atomic E-state index is 6.12. The Labute approximate surface area is 162 Å². The lowest BCUT2D eigenvalue weighted by molar-refractivity contribution is 0.303. The molecule has 3 aromatic carbocycles. The standard InChI is InChI=1S/C24H29NO2/c1-3-4-7-16-27-24-15-12-20-8-5-6-9-22(20)23(24)18-25-17-19-10-13-21(26-2)14-11-19/h5-6,8-15,25H,3-4,7,16-18H2,1-2H3. The van der Waals surface area contributed by atoms with Gasteiger partial charge in [-0.25, -0.2) is 0 Å². The summed E-state index contributed by atoms with van der Waals surface area (Å²) in [5.41, 5.74) is 2.47. The molecule has 0 saturated heterocycles. The Morgan fingerprint density at radius 2 is 1.67 bits per heavy atom. The van der Waals surface area contributed by atoms with Crippen LogP contribution in [0.25, 0.3) is 10.8 Å². The van der Waals surface area contributed by atoms with E-state index in [4.69, 9.17) is 9.47 Å². The van der Waals surface area contributed by atoms with Crippen LogP contribution in [-0.2, 0) is 13.1 Å². The molecule has 0 amide bonds. The highest BCUT2D eigenvalue weighted by Crippen LogP contribution is 2.28. The van der Waals surface area contributed by atoms with E-state index >= 15 is 0 Å². The molecule has 142 valence electrons. The van der Waals surface area contributed by atoms with Crippen LogP contribution in [-0.4, -0.2) is 13.7 Å². The molecular weight excluding hydrogens is 334 g/mol. The molecule has 0 saturated carbocycles. The van der Waals surface area contributed by atoms with E-state index in [0.717, 1.165) is 37.6 Å². The van der Waals surface area contributed by atoms with Gasteiger partial charge in [0, 0.05) is 18.7 Å². The van der Waals surface area contributed by atoms with E-state index in [0.29, 0.717) is 0 Å². The zero-order valence-electron chi connectivity index (χ0n) is 16.3. The predicted molar refractivity (Wildman–Crippen MR) is 113 cm³/mol. The molecule has 0 fully saturated rings. The van der Waals surface area contributed by atoms with Gasteiger partial charge >= 0.3 is 0 Å². The van der Waals surface area contributed by atoms with E-state index in [1.54, 1.807) is 7.11 Å². The van der Waals surface area contributed by atoms with Crippen LogP contribution in [0.4, 0.5) is 0 Å². The monoisotopic (exact) mass is 363 g/mol. The minimum absolute atomic E-state index is 0.774. The third-order valence-corrected chi connectivity index (χ3v) is 4.79. The van der Waals surface area contributed by atoms with E-state index in [9.17, 15) is 0 Å². The summed E-state index contributed by atoms with van der Waals surface area (Å²) in [6.45, 7) is 4.57. The van der Waals surface area contributed by atoms with E-state index in [2.05, 4.69) is 60.8 Å². The van der Waals surface area contributed by atoms with E-state index in [1.165, 1.54) is 34.7 Å². The molecule has 0 bridgehead atoms. The van der Waals surface area contributed by atoms with Gasteiger partial charge in [-0.3, -0.25) is 0 Å². The van der Waals surface area contributed by atoms with Crippen molar-refractivity contribution in [3.8, 4) is 11.5 Å². The zero-order valence-corrected chi connectivity index (χ0v) is 16.3.